The summed E-state index contributed by atoms with van der Waals surface area (Å²) >= 11 is 0. The van der Waals surface area contributed by atoms with E-state index in [1.165, 1.54) is 0 Å². The fourth-order valence-electron chi connectivity index (χ4n) is 5.21. The van der Waals surface area contributed by atoms with Crippen LogP contribution in [0.5, 0.6) is 11.5 Å². The van der Waals surface area contributed by atoms with E-state index in [0.717, 1.165) is 11.1 Å². The van der Waals surface area contributed by atoms with Crippen molar-refractivity contribution in [3.8, 4) is 11.5 Å². The second-order valence-electron chi connectivity index (χ2n) is 8.93. The van der Waals surface area contributed by atoms with Gasteiger partial charge in [-0.2, -0.15) is 0 Å². The number of hydrogen-bond donors (Lipinski definition) is 1. The summed E-state index contributed by atoms with van der Waals surface area (Å²) in [5.41, 5.74) is 2.01. The molecule has 2 heterocycles. The van der Waals surface area contributed by atoms with Crippen LogP contribution in [-0.4, -0.2) is 53.8 Å². The maximum Gasteiger partial charge on any atom is 0.338 e. The molecule has 34 heavy (non-hydrogen) atoms. The summed E-state index contributed by atoms with van der Waals surface area (Å²) in [6, 6.07) is 12.4. The van der Waals surface area contributed by atoms with Crippen LogP contribution in [0.25, 0.3) is 0 Å². The van der Waals surface area contributed by atoms with Gasteiger partial charge in [0, 0.05) is 25.1 Å². The summed E-state index contributed by atoms with van der Waals surface area (Å²) in [5.74, 6) is -0.0977. The van der Waals surface area contributed by atoms with E-state index < -0.39 is 11.5 Å². The molecule has 7 heteroatoms. The molecule has 1 unspecified atom stereocenters. The predicted octanol–water partition coefficient (Wildman–Crippen LogP) is 3.51. The number of rotatable bonds is 6. The van der Waals surface area contributed by atoms with Gasteiger partial charge in [-0.05, 0) is 36.3 Å². The third kappa shape index (κ3) is 3.96. The molecule has 0 amide bonds. The number of phenols is 1. The lowest BCUT2D eigenvalue weighted by atomic mass is 9.69. The molecule has 1 aliphatic carbocycles. The first kappa shape index (κ1) is 22.2. The van der Waals surface area contributed by atoms with E-state index in [2.05, 4.69) is 17.6 Å². The number of ether oxygens (including phenoxy) is 3. The molecule has 2 aliphatic heterocycles. The molecule has 0 saturated carbocycles. The third-order valence-corrected chi connectivity index (χ3v) is 6.80. The van der Waals surface area contributed by atoms with E-state index in [1.807, 2.05) is 18.2 Å². The Morgan fingerprint density at radius 2 is 2.06 bits per heavy atom. The molecule has 5 rings (SSSR count). The van der Waals surface area contributed by atoms with Crippen molar-refractivity contribution in [3.63, 3.8) is 0 Å². The Balaban J connectivity index is 1.40. The van der Waals surface area contributed by atoms with Crippen LogP contribution < -0.4 is 4.74 Å². The largest absolute Gasteiger partial charge is 0.504 e. The van der Waals surface area contributed by atoms with E-state index >= 15 is 0 Å². The number of carbonyl (C=O) groups is 2. The van der Waals surface area contributed by atoms with Gasteiger partial charge < -0.3 is 19.3 Å². The second kappa shape index (κ2) is 8.99. The van der Waals surface area contributed by atoms with Gasteiger partial charge in [-0.1, -0.05) is 43.0 Å². The lowest BCUT2D eigenvalue weighted by Gasteiger charge is -2.36. The monoisotopic (exact) mass is 461 g/mol. The van der Waals surface area contributed by atoms with Gasteiger partial charge >= 0.3 is 11.9 Å². The Morgan fingerprint density at radius 1 is 1.24 bits per heavy atom. The molecule has 0 fully saturated rings. The van der Waals surface area contributed by atoms with E-state index in [1.54, 1.807) is 36.4 Å². The molecule has 0 aromatic heterocycles. The number of aromatic hydroxyl groups is 1. The van der Waals surface area contributed by atoms with Gasteiger partial charge in [0.05, 0.1) is 17.5 Å². The predicted molar refractivity (Wildman–Crippen MR) is 125 cm³/mol. The van der Waals surface area contributed by atoms with E-state index in [4.69, 9.17) is 14.2 Å². The van der Waals surface area contributed by atoms with Crippen molar-refractivity contribution in [3.05, 3.63) is 84.0 Å². The molecule has 0 bridgehead atoms. The summed E-state index contributed by atoms with van der Waals surface area (Å²) in [6.45, 7) is 5.13. The molecule has 0 saturated heterocycles. The highest BCUT2D eigenvalue weighted by molar-refractivity contribution is 5.89. The SMILES string of the molecule is C=CCOC(=O)CN1CCC23C=C[C@H](OC(=O)c4ccccc4)C[C@@H]2Oc2c(O)ccc(c23)C1. The summed E-state index contributed by atoms with van der Waals surface area (Å²) in [5, 5.41) is 10.6. The highest BCUT2D eigenvalue weighted by Crippen LogP contribution is 2.55. The van der Waals surface area contributed by atoms with Crippen molar-refractivity contribution >= 4 is 11.9 Å². The fourth-order valence-corrected chi connectivity index (χ4v) is 5.21. The Kier molecular flexibility index (Phi) is 5.87. The van der Waals surface area contributed by atoms with E-state index in [9.17, 15) is 14.7 Å². The summed E-state index contributed by atoms with van der Waals surface area (Å²) < 4.78 is 17.2. The number of esters is 2. The first-order chi connectivity index (χ1) is 16.5. The number of carbonyl (C=O) groups excluding carboxylic acids is 2. The van der Waals surface area contributed by atoms with Crippen LogP contribution >= 0.6 is 0 Å². The van der Waals surface area contributed by atoms with Crippen LogP contribution in [0, 0.1) is 0 Å². The van der Waals surface area contributed by atoms with Gasteiger partial charge in [-0.15, -0.1) is 0 Å². The Hall–Kier alpha value is -3.58. The number of benzene rings is 2. The Morgan fingerprint density at radius 3 is 2.85 bits per heavy atom. The van der Waals surface area contributed by atoms with Gasteiger partial charge in [-0.25, -0.2) is 4.79 Å². The quantitative estimate of drug-likeness (QED) is 0.521. The van der Waals surface area contributed by atoms with Crippen molar-refractivity contribution in [2.45, 2.75) is 37.0 Å². The van der Waals surface area contributed by atoms with Crippen LogP contribution in [0.2, 0.25) is 0 Å². The highest BCUT2D eigenvalue weighted by Gasteiger charge is 2.53. The van der Waals surface area contributed by atoms with Crippen molar-refractivity contribution in [2.75, 3.05) is 19.7 Å². The normalized spacial score (nSPS) is 24.8. The standard InChI is InChI=1S/C27H27NO6/c1-2-14-32-23(30)17-28-13-12-27-11-10-20(33-26(31)18-6-4-3-5-7-18)15-22(27)34-25-21(29)9-8-19(16-28)24(25)27/h2-11,20,22,29H,1,12-17H2/t20-,22-,27?/m0/s1. The van der Waals surface area contributed by atoms with E-state index in [-0.39, 0.29) is 36.9 Å². The highest BCUT2D eigenvalue weighted by atomic mass is 16.5. The van der Waals surface area contributed by atoms with Crippen molar-refractivity contribution < 1.29 is 28.9 Å². The lowest BCUT2D eigenvalue weighted by Crippen LogP contribution is -2.44. The molecule has 3 aliphatic rings. The minimum absolute atomic E-state index is 0.0950. The van der Waals surface area contributed by atoms with Crippen LogP contribution in [0.15, 0.2) is 67.3 Å². The zero-order valence-electron chi connectivity index (χ0n) is 18.8. The van der Waals surface area contributed by atoms with Crippen molar-refractivity contribution in [2.24, 2.45) is 0 Å². The first-order valence-electron chi connectivity index (χ1n) is 11.5. The maximum absolute atomic E-state index is 12.6. The van der Waals surface area contributed by atoms with Crippen LogP contribution in [0.1, 0.15) is 34.3 Å². The zero-order chi connectivity index (χ0) is 23.7. The summed E-state index contributed by atoms with van der Waals surface area (Å²) in [4.78, 5) is 26.8. The van der Waals surface area contributed by atoms with Crippen LogP contribution in [-0.2, 0) is 26.2 Å². The third-order valence-electron chi connectivity index (χ3n) is 6.80. The Bertz CT molecular complexity index is 1140. The van der Waals surface area contributed by atoms with Gasteiger partial charge in [-0.3, -0.25) is 9.69 Å². The van der Waals surface area contributed by atoms with Crippen molar-refractivity contribution in [1.29, 1.82) is 0 Å². The summed E-state index contributed by atoms with van der Waals surface area (Å²) in [6.07, 6.45) is 6.00. The molecule has 0 radical (unpaired) electrons. The molecule has 7 nitrogen and oxygen atoms in total. The minimum atomic E-state index is -0.459. The number of phenolic OH excluding ortho intramolecular Hbond substituents is 1. The maximum atomic E-state index is 12.6. The van der Waals surface area contributed by atoms with Gasteiger partial charge in [0.15, 0.2) is 11.5 Å². The fraction of sp³-hybridized carbons (Fsp3) is 0.333. The Labute approximate surface area is 198 Å². The van der Waals surface area contributed by atoms with Gasteiger partial charge in [0.1, 0.15) is 18.8 Å². The molecular weight excluding hydrogens is 434 g/mol. The number of hydrogen-bond acceptors (Lipinski definition) is 7. The average molecular weight is 462 g/mol. The van der Waals surface area contributed by atoms with Crippen LogP contribution in [0.3, 0.4) is 0 Å². The topological polar surface area (TPSA) is 85.3 Å². The molecule has 1 N–H and O–H groups in total. The molecule has 3 atom stereocenters. The van der Waals surface area contributed by atoms with E-state index in [0.29, 0.717) is 37.2 Å². The zero-order valence-corrected chi connectivity index (χ0v) is 18.8. The first-order valence-corrected chi connectivity index (χ1v) is 11.5. The molecule has 2 aromatic carbocycles. The van der Waals surface area contributed by atoms with Crippen LogP contribution in [0.4, 0.5) is 0 Å². The summed E-state index contributed by atoms with van der Waals surface area (Å²) in [7, 11) is 0. The molecular formula is C27H27NO6. The second-order valence-corrected chi connectivity index (χ2v) is 8.93. The lowest BCUT2D eigenvalue weighted by molar-refractivity contribution is -0.143. The van der Waals surface area contributed by atoms with Crippen molar-refractivity contribution in [1.82, 2.24) is 4.90 Å². The molecule has 176 valence electrons. The molecule has 2 aromatic rings. The minimum Gasteiger partial charge on any atom is -0.504 e. The number of nitrogens with zero attached hydrogens (tertiary/aromatic N) is 1. The smallest absolute Gasteiger partial charge is 0.338 e. The average Bonchev–Trinajstić information content (AvgIpc) is 3.10. The molecule has 1 spiro atoms. The van der Waals surface area contributed by atoms with Gasteiger partial charge in [0.25, 0.3) is 0 Å². The van der Waals surface area contributed by atoms with Gasteiger partial charge in [0.2, 0.25) is 0 Å².